The summed E-state index contributed by atoms with van der Waals surface area (Å²) in [5.41, 5.74) is 0. The van der Waals surface area contributed by atoms with E-state index in [9.17, 15) is 4.79 Å². The first-order chi connectivity index (χ1) is 6.74. The van der Waals surface area contributed by atoms with E-state index in [1.54, 1.807) is 17.5 Å². The molecule has 1 N–H and O–H groups in total. The number of carbonyl (C=O) groups excluding carboxylic acids is 1. The number of hydrogen-bond donors (Lipinski definition) is 1. The molecule has 0 aromatic carbocycles. The van der Waals surface area contributed by atoms with Crippen molar-refractivity contribution in [2.75, 3.05) is 13.7 Å². The standard InChI is InChI=1S/C9H14N2O2S/c1-7(9-11-5-6-14-9)10-4-3-8(12)13-2/h5-7,10H,3-4H2,1-2H3. The van der Waals surface area contributed by atoms with Crippen LogP contribution in [0.15, 0.2) is 11.6 Å². The molecule has 1 aromatic rings. The maximum absolute atomic E-state index is 10.8. The minimum Gasteiger partial charge on any atom is -0.469 e. The lowest BCUT2D eigenvalue weighted by Gasteiger charge is -2.09. The van der Waals surface area contributed by atoms with Crippen molar-refractivity contribution in [2.45, 2.75) is 19.4 Å². The first-order valence-electron chi connectivity index (χ1n) is 4.43. The maximum Gasteiger partial charge on any atom is 0.306 e. The third-order valence-electron chi connectivity index (χ3n) is 1.83. The normalized spacial score (nSPS) is 12.4. The van der Waals surface area contributed by atoms with Crippen LogP contribution in [-0.4, -0.2) is 24.6 Å². The van der Waals surface area contributed by atoms with Gasteiger partial charge in [-0.05, 0) is 6.92 Å². The van der Waals surface area contributed by atoms with Crippen LogP contribution >= 0.6 is 11.3 Å². The number of hydrogen-bond acceptors (Lipinski definition) is 5. The number of thiazole rings is 1. The second-order valence-electron chi connectivity index (χ2n) is 2.87. The highest BCUT2D eigenvalue weighted by atomic mass is 32.1. The van der Waals surface area contributed by atoms with Crippen molar-refractivity contribution in [3.8, 4) is 0 Å². The number of nitrogens with zero attached hydrogens (tertiary/aromatic N) is 1. The van der Waals surface area contributed by atoms with Crippen molar-refractivity contribution in [1.29, 1.82) is 0 Å². The van der Waals surface area contributed by atoms with Gasteiger partial charge in [-0.2, -0.15) is 0 Å². The fourth-order valence-electron chi connectivity index (χ4n) is 1.03. The van der Waals surface area contributed by atoms with E-state index in [1.165, 1.54) is 7.11 Å². The predicted molar refractivity (Wildman–Crippen MR) is 55.2 cm³/mol. The van der Waals surface area contributed by atoms with Gasteiger partial charge in [-0.15, -0.1) is 11.3 Å². The van der Waals surface area contributed by atoms with Gasteiger partial charge >= 0.3 is 5.97 Å². The molecule has 0 spiro atoms. The van der Waals surface area contributed by atoms with Crippen LogP contribution in [0.5, 0.6) is 0 Å². The largest absolute Gasteiger partial charge is 0.469 e. The van der Waals surface area contributed by atoms with Crippen molar-refractivity contribution in [1.82, 2.24) is 10.3 Å². The number of ether oxygens (including phenoxy) is 1. The lowest BCUT2D eigenvalue weighted by Crippen LogP contribution is -2.22. The monoisotopic (exact) mass is 214 g/mol. The van der Waals surface area contributed by atoms with E-state index >= 15 is 0 Å². The summed E-state index contributed by atoms with van der Waals surface area (Å²) in [6.45, 7) is 2.64. The summed E-state index contributed by atoms with van der Waals surface area (Å²) in [5.74, 6) is -0.191. The molecule has 0 aliphatic carbocycles. The fraction of sp³-hybridized carbons (Fsp3) is 0.556. The average Bonchev–Trinajstić information content (AvgIpc) is 2.70. The number of rotatable bonds is 5. The molecular formula is C9H14N2O2S. The van der Waals surface area contributed by atoms with Crippen molar-refractivity contribution in [3.63, 3.8) is 0 Å². The van der Waals surface area contributed by atoms with Crippen LogP contribution in [0.1, 0.15) is 24.4 Å². The molecule has 1 atom stereocenters. The molecule has 4 nitrogen and oxygen atoms in total. The first-order valence-corrected chi connectivity index (χ1v) is 5.31. The first kappa shape index (κ1) is 11.1. The van der Waals surface area contributed by atoms with Gasteiger partial charge < -0.3 is 10.1 Å². The van der Waals surface area contributed by atoms with Crippen LogP contribution in [0, 0.1) is 0 Å². The maximum atomic E-state index is 10.8. The number of aromatic nitrogens is 1. The molecule has 1 aromatic heterocycles. The highest BCUT2D eigenvalue weighted by molar-refractivity contribution is 7.09. The third-order valence-corrected chi connectivity index (χ3v) is 2.79. The van der Waals surface area contributed by atoms with Crippen molar-refractivity contribution in [3.05, 3.63) is 16.6 Å². The summed E-state index contributed by atoms with van der Waals surface area (Å²) in [6.07, 6.45) is 2.17. The smallest absolute Gasteiger partial charge is 0.306 e. The van der Waals surface area contributed by atoms with Crippen molar-refractivity contribution < 1.29 is 9.53 Å². The van der Waals surface area contributed by atoms with Gasteiger partial charge in [-0.1, -0.05) is 0 Å². The highest BCUT2D eigenvalue weighted by Crippen LogP contribution is 2.14. The highest BCUT2D eigenvalue weighted by Gasteiger charge is 2.07. The van der Waals surface area contributed by atoms with E-state index in [2.05, 4.69) is 15.0 Å². The quantitative estimate of drug-likeness (QED) is 0.752. The van der Waals surface area contributed by atoms with E-state index in [-0.39, 0.29) is 12.0 Å². The van der Waals surface area contributed by atoms with Crippen LogP contribution < -0.4 is 5.32 Å². The second-order valence-corrected chi connectivity index (χ2v) is 3.80. The fourth-order valence-corrected chi connectivity index (χ4v) is 1.70. The van der Waals surface area contributed by atoms with Gasteiger partial charge in [-0.25, -0.2) is 4.98 Å². The number of esters is 1. The molecule has 1 unspecified atom stereocenters. The van der Waals surface area contributed by atoms with E-state index in [0.29, 0.717) is 13.0 Å². The van der Waals surface area contributed by atoms with Gasteiger partial charge in [0.05, 0.1) is 19.6 Å². The van der Waals surface area contributed by atoms with Crippen molar-refractivity contribution in [2.24, 2.45) is 0 Å². The van der Waals surface area contributed by atoms with Crippen molar-refractivity contribution >= 4 is 17.3 Å². The Hall–Kier alpha value is -0.940. The molecule has 5 heteroatoms. The number of methoxy groups -OCH3 is 1. The lowest BCUT2D eigenvalue weighted by atomic mass is 10.3. The Labute approximate surface area is 87.3 Å². The second kappa shape index (κ2) is 5.72. The molecule has 0 saturated carbocycles. The van der Waals surface area contributed by atoms with Gasteiger partial charge in [0.1, 0.15) is 5.01 Å². The molecule has 0 aliphatic heterocycles. The van der Waals surface area contributed by atoms with E-state index in [0.717, 1.165) is 5.01 Å². The zero-order valence-electron chi connectivity index (χ0n) is 8.32. The summed E-state index contributed by atoms with van der Waals surface area (Å²) >= 11 is 1.61. The minimum absolute atomic E-state index is 0.191. The molecule has 14 heavy (non-hydrogen) atoms. The molecule has 0 fully saturated rings. The number of carbonyl (C=O) groups is 1. The van der Waals surface area contributed by atoms with Crippen LogP contribution in [0.3, 0.4) is 0 Å². The lowest BCUT2D eigenvalue weighted by molar-refractivity contribution is -0.140. The third kappa shape index (κ3) is 3.43. The van der Waals surface area contributed by atoms with Gasteiger partial charge in [0.25, 0.3) is 0 Å². The van der Waals surface area contributed by atoms with Crippen LogP contribution in [-0.2, 0) is 9.53 Å². The predicted octanol–water partition coefficient (Wildman–Crippen LogP) is 1.36. The summed E-state index contributed by atoms with van der Waals surface area (Å²) in [4.78, 5) is 15.0. The van der Waals surface area contributed by atoms with E-state index in [1.807, 2.05) is 12.3 Å². The molecule has 0 aliphatic rings. The van der Waals surface area contributed by atoms with Crippen LogP contribution in [0.25, 0.3) is 0 Å². The molecule has 0 saturated heterocycles. The van der Waals surface area contributed by atoms with Crippen LogP contribution in [0.4, 0.5) is 0 Å². The SMILES string of the molecule is COC(=O)CCNC(C)c1nccs1. The Morgan fingerprint density at radius 2 is 2.57 bits per heavy atom. The Morgan fingerprint density at radius 3 is 3.14 bits per heavy atom. The summed E-state index contributed by atoms with van der Waals surface area (Å²) < 4.78 is 4.53. The Kier molecular flexibility index (Phi) is 4.55. The topological polar surface area (TPSA) is 51.2 Å². The van der Waals surface area contributed by atoms with Gasteiger partial charge in [0.2, 0.25) is 0 Å². The van der Waals surface area contributed by atoms with E-state index in [4.69, 9.17) is 0 Å². The molecular weight excluding hydrogens is 200 g/mol. The molecule has 0 radical (unpaired) electrons. The Morgan fingerprint density at radius 1 is 1.79 bits per heavy atom. The minimum atomic E-state index is -0.191. The van der Waals surface area contributed by atoms with Gasteiger partial charge in [0.15, 0.2) is 0 Å². The van der Waals surface area contributed by atoms with Crippen LogP contribution in [0.2, 0.25) is 0 Å². The zero-order valence-corrected chi connectivity index (χ0v) is 9.13. The molecule has 78 valence electrons. The summed E-state index contributed by atoms with van der Waals surface area (Å²) in [7, 11) is 1.40. The van der Waals surface area contributed by atoms with Gasteiger partial charge in [-0.3, -0.25) is 4.79 Å². The summed E-state index contributed by atoms with van der Waals surface area (Å²) in [5, 5.41) is 6.17. The molecule has 0 bridgehead atoms. The average molecular weight is 214 g/mol. The molecule has 1 rings (SSSR count). The molecule has 0 amide bonds. The Balaban J connectivity index is 2.22. The van der Waals surface area contributed by atoms with E-state index < -0.39 is 0 Å². The molecule has 1 heterocycles. The van der Waals surface area contributed by atoms with Gasteiger partial charge in [0, 0.05) is 18.1 Å². The zero-order chi connectivity index (χ0) is 10.4. The summed E-state index contributed by atoms with van der Waals surface area (Å²) in [6, 6.07) is 0.194. The number of nitrogens with one attached hydrogen (secondary N) is 1. The Bertz CT molecular complexity index is 274.